The van der Waals surface area contributed by atoms with Crippen LogP contribution in [0, 0.1) is 12.3 Å². The second-order valence-corrected chi connectivity index (χ2v) is 13.7. The standard InChI is InChI=1S/C47H30N4/c1-3-12-32(29-13-5-4-6-14-29)27-28(2)45-47(49-36-18-9-8-17-35(36)48-45)51-39-25-22-30-15-11-20-38-41(30)43(39)44-40(51)26-23-31-21-24-34-33-16-7-10-19-37(33)50(38)46(34)42(31)44/h1,4-22,24-25,27H,23,26H2,2H3/b28-27+,32-12+. The SMILES string of the molecule is C#C/C=C(\C=C(/C)c1nc2ccccc2nc1-n1c2c3c4c(ccc5c6ccccc6n(c6cccc7ccc1c3c76)c54)CC2)c1ccccc1. The van der Waals surface area contributed by atoms with E-state index in [1.54, 1.807) is 0 Å². The third kappa shape index (κ3) is 3.81. The molecule has 0 radical (unpaired) electrons. The summed E-state index contributed by atoms with van der Waals surface area (Å²) in [5, 5.41) is 9.06. The topological polar surface area (TPSA) is 35.1 Å². The summed E-state index contributed by atoms with van der Waals surface area (Å²) in [7, 11) is 0. The first-order chi connectivity index (χ1) is 25.2. The maximum absolute atomic E-state index is 5.86. The van der Waals surface area contributed by atoms with Crippen molar-refractivity contribution in [3.05, 3.63) is 156 Å². The maximum Gasteiger partial charge on any atom is 0.164 e. The predicted molar refractivity (Wildman–Crippen MR) is 213 cm³/mol. The lowest BCUT2D eigenvalue weighted by molar-refractivity contribution is 0.865. The average Bonchev–Trinajstić information content (AvgIpc) is 3.66. The first-order valence-electron chi connectivity index (χ1n) is 17.5. The van der Waals surface area contributed by atoms with Gasteiger partial charge in [-0.3, -0.25) is 4.57 Å². The van der Waals surface area contributed by atoms with Crippen molar-refractivity contribution < 1.29 is 0 Å². The zero-order valence-electron chi connectivity index (χ0n) is 28.0. The van der Waals surface area contributed by atoms with Gasteiger partial charge in [0.15, 0.2) is 5.82 Å². The number of fused-ring (bicyclic) bond motifs is 5. The van der Waals surface area contributed by atoms with Crippen molar-refractivity contribution in [3.63, 3.8) is 0 Å². The summed E-state index contributed by atoms with van der Waals surface area (Å²) in [6.07, 6.45) is 11.7. The van der Waals surface area contributed by atoms with E-state index in [1.165, 1.54) is 65.5 Å². The van der Waals surface area contributed by atoms with Crippen molar-refractivity contribution in [2.24, 2.45) is 0 Å². The van der Waals surface area contributed by atoms with Crippen LogP contribution in [-0.4, -0.2) is 18.9 Å². The first-order valence-corrected chi connectivity index (χ1v) is 17.5. The van der Waals surface area contributed by atoms with Crippen molar-refractivity contribution in [2.75, 3.05) is 0 Å². The van der Waals surface area contributed by atoms with Crippen LogP contribution in [0.5, 0.6) is 0 Å². The number of hydrogen-bond donors (Lipinski definition) is 0. The van der Waals surface area contributed by atoms with E-state index in [0.29, 0.717) is 0 Å². The second kappa shape index (κ2) is 10.4. The molecule has 0 saturated heterocycles. The number of nitrogens with zero attached hydrogens (tertiary/aromatic N) is 4. The Morgan fingerprint density at radius 2 is 1.45 bits per heavy atom. The highest BCUT2D eigenvalue weighted by molar-refractivity contribution is 6.32. The van der Waals surface area contributed by atoms with Crippen LogP contribution in [0.3, 0.4) is 0 Å². The number of aryl methyl sites for hydroxylation is 2. The van der Waals surface area contributed by atoms with E-state index in [9.17, 15) is 0 Å². The minimum atomic E-state index is 0.843. The third-order valence-electron chi connectivity index (χ3n) is 11.0. The van der Waals surface area contributed by atoms with Crippen molar-refractivity contribution in [3.8, 4) is 18.2 Å². The summed E-state index contributed by atoms with van der Waals surface area (Å²) in [5.74, 6) is 3.61. The monoisotopic (exact) mass is 650 g/mol. The summed E-state index contributed by atoms with van der Waals surface area (Å²) in [5.41, 5.74) is 13.2. The van der Waals surface area contributed by atoms with Crippen LogP contribution in [-0.2, 0) is 12.8 Å². The first kappa shape index (κ1) is 28.2. The Bertz CT molecular complexity index is 3200. The molecule has 0 spiro atoms. The van der Waals surface area contributed by atoms with Gasteiger partial charge in [0.2, 0.25) is 0 Å². The summed E-state index contributed by atoms with van der Waals surface area (Å²) in [4.78, 5) is 10.8. The van der Waals surface area contributed by atoms with Gasteiger partial charge in [-0.25, -0.2) is 9.97 Å². The van der Waals surface area contributed by atoms with Gasteiger partial charge < -0.3 is 4.40 Å². The third-order valence-corrected chi connectivity index (χ3v) is 11.0. The van der Waals surface area contributed by atoms with Crippen molar-refractivity contribution >= 4 is 81.9 Å². The molecule has 6 aromatic carbocycles. The molecule has 0 fully saturated rings. The number of para-hydroxylation sites is 3. The van der Waals surface area contributed by atoms with Crippen molar-refractivity contribution in [1.29, 1.82) is 0 Å². The second-order valence-electron chi connectivity index (χ2n) is 13.7. The van der Waals surface area contributed by atoms with E-state index in [2.05, 4.69) is 113 Å². The molecular formula is C47H30N4. The summed E-state index contributed by atoms with van der Waals surface area (Å²) in [6, 6.07) is 43.4. The Morgan fingerprint density at radius 1 is 0.667 bits per heavy atom. The van der Waals surface area contributed by atoms with E-state index >= 15 is 0 Å². The van der Waals surface area contributed by atoms with Gasteiger partial charge in [0.1, 0.15) is 5.69 Å². The van der Waals surface area contributed by atoms with Gasteiger partial charge in [-0.05, 0) is 89.9 Å². The molecule has 0 unspecified atom stereocenters. The molecule has 0 atom stereocenters. The zero-order valence-corrected chi connectivity index (χ0v) is 28.0. The van der Waals surface area contributed by atoms with Crippen LogP contribution >= 0.6 is 0 Å². The summed E-state index contributed by atoms with van der Waals surface area (Å²) in [6.45, 7) is 2.13. The largest absolute Gasteiger partial charge is 0.308 e. The van der Waals surface area contributed by atoms with E-state index in [1.807, 2.05) is 42.5 Å². The molecule has 0 aliphatic heterocycles. The van der Waals surface area contributed by atoms with Gasteiger partial charge in [-0.1, -0.05) is 96.9 Å². The van der Waals surface area contributed by atoms with Crippen LogP contribution in [0.25, 0.3) is 87.8 Å². The number of aromatic nitrogens is 4. The molecule has 51 heavy (non-hydrogen) atoms. The molecule has 0 amide bonds. The lowest BCUT2D eigenvalue weighted by atomic mass is 9.91. The summed E-state index contributed by atoms with van der Waals surface area (Å²) < 4.78 is 4.96. The molecular weight excluding hydrogens is 621 g/mol. The van der Waals surface area contributed by atoms with Crippen LogP contribution in [0.15, 0.2) is 133 Å². The molecule has 1 aliphatic rings. The van der Waals surface area contributed by atoms with Crippen LogP contribution in [0.4, 0.5) is 0 Å². The van der Waals surface area contributed by atoms with E-state index < -0.39 is 0 Å². The molecule has 4 heterocycles. The molecule has 0 N–H and O–H groups in total. The van der Waals surface area contributed by atoms with Gasteiger partial charge in [-0.15, -0.1) is 6.42 Å². The summed E-state index contributed by atoms with van der Waals surface area (Å²) >= 11 is 0. The Hall–Kier alpha value is -6.70. The molecule has 4 nitrogen and oxygen atoms in total. The van der Waals surface area contributed by atoms with E-state index in [-0.39, 0.29) is 0 Å². The molecule has 0 bridgehead atoms. The minimum Gasteiger partial charge on any atom is -0.308 e. The van der Waals surface area contributed by atoms with Crippen molar-refractivity contribution in [2.45, 2.75) is 19.8 Å². The minimum absolute atomic E-state index is 0.843. The molecule has 11 rings (SSSR count). The predicted octanol–water partition coefficient (Wildman–Crippen LogP) is 11.1. The van der Waals surface area contributed by atoms with Gasteiger partial charge in [0.05, 0.1) is 33.1 Å². The van der Waals surface area contributed by atoms with E-state index in [0.717, 1.165) is 57.6 Å². The Labute approximate surface area is 293 Å². The van der Waals surface area contributed by atoms with E-state index in [4.69, 9.17) is 16.4 Å². The van der Waals surface area contributed by atoms with Gasteiger partial charge in [0.25, 0.3) is 0 Å². The molecule has 10 aromatic rings. The average molecular weight is 651 g/mol. The fourth-order valence-electron chi connectivity index (χ4n) is 8.86. The highest BCUT2D eigenvalue weighted by Gasteiger charge is 2.29. The Balaban J connectivity index is 1.32. The number of benzene rings is 6. The van der Waals surface area contributed by atoms with Gasteiger partial charge in [-0.2, -0.15) is 0 Å². The van der Waals surface area contributed by atoms with Crippen LogP contribution < -0.4 is 0 Å². The van der Waals surface area contributed by atoms with Crippen LogP contribution in [0.1, 0.15) is 29.4 Å². The highest BCUT2D eigenvalue weighted by atomic mass is 15.1. The molecule has 1 aliphatic carbocycles. The zero-order chi connectivity index (χ0) is 33.8. The Kier molecular flexibility index (Phi) is 5.75. The fraction of sp³-hybridized carbons (Fsp3) is 0.0638. The molecule has 238 valence electrons. The lowest BCUT2D eigenvalue weighted by Gasteiger charge is -2.19. The van der Waals surface area contributed by atoms with Crippen molar-refractivity contribution in [1.82, 2.24) is 18.9 Å². The molecule has 4 aromatic heterocycles. The highest BCUT2D eigenvalue weighted by Crippen LogP contribution is 2.48. The quantitative estimate of drug-likeness (QED) is 0.140. The molecule has 4 heteroatoms. The number of hydrogen-bond acceptors (Lipinski definition) is 2. The fourth-order valence-corrected chi connectivity index (χ4v) is 8.86. The van der Waals surface area contributed by atoms with Gasteiger partial charge in [0, 0.05) is 38.0 Å². The Morgan fingerprint density at radius 3 is 2.31 bits per heavy atom. The number of rotatable bonds is 4. The number of terminal acetylenes is 1. The molecule has 0 saturated carbocycles. The van der Waals surface area contributed by atoms with Gasteiger partial charge >= 0.3 is 0 Å². The lowest BCUT2D eigenvalue weighted by Crippen LogP contribution is -2.11. The smallest absolute Gasteiger partial charge is 0.164 e. The van der Waals surface area contributed by atoms with Crippen LogP contribution in [0.2, 0.25) is 0 Å². The maximum atomic E-state index is 5.86. The normalized spacial score (nSPS) is 13.6. The number of allylic oxidation sites excluding steroid dienone is 4.